The van der Waals surface area contributed by atoms with Gasteiger partial charge in [0.15, 0.2) is 0 Å². The fourth-order valence-electron chi connectivity index (χ4n) is 1.41. The lowest BCUT2D eigenvalue weighted by Crippen LogP contribution is -2.01. The second kappa shape index (κ2) is 3.57. The molecule has 0 amide bonds. The zero-order valence-corrected chi connectivity index (χ0v) is 8.21. The minimum Gasteiger partial charge on any atom is -0.478 e. The summed E-state index contributed by atoms with van der Waals surface area (Å²) in [5, 5.41) is 8.96. The molecule has 0 unspecified atom stereocenters. The molecule has 76 valence electrons. The highest BCUT2D eigenvalue weighted by molar-refractivity contribution is 5.90. The van der Waals surface area contributed by atoms with Crippen LogP contribution in [0.5, 0.6) is 0 Å². The molecule has 0 atom stereocenters. The topological polar surface area (TPSA) is 55.1 Å². The molecule has 0 spiro atoms. The van der Waals surface area contributed by atoms with Gasteiger partial charge in [0.05, 0.1) is 11.9 Å². The van der Waals surface area contributed by atoms with Crippen LogP contribution < -0.4 is 0 Å². The Hall–Kier alpha value is -2.10. The number of aryl methyl sites for hydroxylation is 1. The Labute approximate surface area is 86.8 Å². The van der Waals surface area contributed by atoms with Crippen molar-refractivity contribution in [2.75, 3.05) is 0 Å². The van der Waals surface area contributed by atoms with E-state index in [1.54, 1.807) is 42.3 Å². The van der Waals surface area contributed by atoms with Gasteiger partial charge in [-0.15, -0.1) is 0 Å². The van der Waals surface area contributed by atoms with Crippen molar-refractivity contribution in [3.05, 3.63) is 48.0 Å². The highest BCUT2D eigenvalue weighted by Gasteiger charge is 2.08. The first-order valence-corrected chi connectivity index (χ1v) is 4.51. The second-order valence-electron chi connectivity index (χ2n) is 3.27. The lowest BCUT2D eigenvalue weighted by atomic mass is 10.1. The summed E-state index contributed by atoms with van der Waals surface area (Å²) in [4.78, 5) is 14.8. The van der Waals surface area contributed by atoms with Gasteiger partial charge in [0.2, 0.25) is 0 Å². The summed E-state index contributed by atoms with van der Waals surface area (Å²) in [6.07, 6.45) is 5.06. The molecule has 0 aliphatic rings. The largest absolute Gasteiger partial charge is 0.478 e. The van der Waals surface area contributed by atoms with Crippen LogP contribution in [0.2, 0.25) is 0 Å². The molecule has 4 heteroatoms. The van der Waals surface area contributed by atoms with Gasteiger partial charge in [0, 0.05) is 18.1 Å². The van der Waals surface area contributed by atoms with Crippen molar-refractivity contribution in [3.8, 4) is 5.69 Å². The van der Waals surface area contributed by atoms with E-state index >= 15 is 0 Å². The zero-order valence-electron chi connectivity index (χ0n) is 8.21. The van der Waals surface area contributed by atoms with Gasteiger partial charge in [-0.1, -0.05) is 6.07 Å². The number of carboxylic acids is 1. The number of rotatable bonds is 2. The highest BCUT2D eigenvalue weighted by Crippen LogP contribution is 2.14. The van der Waals surface area contributed by atoms with Crippen LogP contribution in [0.3, 0.4) is 0 Å². The summed E-state index contributed by atoms with van der Waals surface area (Å²) in [6.45, 7) is 1.78. The maximum Gasteiger partial charge on any atom is 0.336 e. The standard InChI is InChI=1S/C11H10N2O2/c1-8-2-3-9(6-10(8)11(14)15)13-5-4-12-7-13/h2-7H,1H3,(H,14,15). The fraction of sp³-hybridized carbons (Fsp3) is 0.0909. The lowest BCUT2D eigenvalue weighted by Gasteiger charge is -2.05. The summed E-state index contributed by atoms with van der Waals surface area (Å²) in [6, 6.07) is 5.29. The Balaban J connectivity index is 2.52. The van der Waals surface area contributed by atoms with Crippen LogP contribution in [0.4, 0.5) is 0 Å². The molecular weight excluding hydrogens is 192 g/mol. The van der Waals surface area contributed by atoms with Crippen molar-refractivity contribution in [2.45, 2.75) is 6.92 Å². The van der Waals surface area contributed by atoms with E-state index in [4.69, 9.17) is 5.11 Å². The summed E-state index contributed by atoms with van der Waals surface area (Å²) in [5.41, 5.74) is 1.88. The van der Waals surface area contributed by atoms with Crippen molar-refractivity contribution in [1.29, 1.82) is 0 Å². The first-order valence-electron chi connectivity index (χ1n) is 4.51. The van der Waals surface area contributed by atoms with Crippen LogP contribution in [0.15, 0.2) is 36.9 Å². The number of hydrogen-bond acceptors (Lipinski definition) is 2. The molecule has 4 nitrogen and oxygen atoms in total. The number of imidazole rings is 1. The van der Waals surface area contributed by atoms with Gasteiger partial charge in [-0.3, -0.25) is 0 Å². The first kappa shape index (κ1) is 9.45. The van der Waals surface area contributed by atoms with Crippen LogP contribution >= 0.6 is 0 Å². The third kappa shape index (κ3) is 1.74. The van der Waals surface area contributed by atoms with Crippen LogP contribution in [0, 0.1) is 6.92 Å². The average molecular weight is 202 g/mol. The molecule has 1 heterocycles. The predicted molar refractivity (Wildman–Crippen MR) is 55.3 cm³/mol. The highest BCUT2D eigenvalue weighted by atomic mass is 16.4. The molecular formula is C11H10N2O2. The van der Waals surface area contributed by atoms with Crippen molar-refractivity contribution in [2.24, 2.45) is 0 Å². The minimum atomic E-state index is -0.908. The summed E-state index contributed by atoms with van der Waals surface area (Å²) >= 11 is 0. The van der Waals surface area contributed by atoms with Crippen LogP contribution in [0.25, 0.3) is 5.69 Å². The number of carbonyl (C=O) groups is 1. The van der Waals surface area contributed by atoms with Crippen molar-refractivity contribution < 1.29 is 9.90 Å². The lowest BCUT2D eigenvalue weighted by molar-refractivity contribution is 0.0696. The Morgan fingerprint density at radius 2 is 2.27 bits per heavy atom. The van der Waals surface area contributed by atoms with Gasteiger partial charge in [0.25, 0.3) is 0 Å². The Morgan fingerprint density at radius 3 is 2.87 bits per heavy atom. The quantitative estimate of drug-likeness (QED) is 0.808. The number of nitrogens with zero attached hydrogens (tertiary/aromatic N) is 2. The Bertz CT molecular complexity index is 489. The van der Waals surface area contributed by atoms with Crippen LogP contribution in [0.1, 0.15) is 15.9 Å². The van der Waals surface area contributed by atoms with Crippen LogP contribution in [-0.2, 0) is 0 Å². The molecule has 0 saturated carbocycles. The maximum absolute atomic E-state index is 10.9. The molecule has 0 bridgehead atoms. The van der Waals surface area contributed by atoms with Crippen molar-refractivity contribution >= 4 is 5.97 Å². The molecule has 0 saturated heterocycles. The summed E-state index contributed by atoms with van der Waals surface area (Å²) < 4.78 is 1.77. The second-order valence-corrected chi connectivity index (χ2v) is 3.27. The van der Waals surface area contributed by atoms with Gasteiger partial charge in [-0.2, -0.15) is 0 Å². The molecule has 2 aromatic rings. The third-order valence-electron chi connectivity index (χ3n) is 2.25. The molecule has 15 heavy (non-hydrogen) atoms. The van der Waals surface area contributed by atoms with E-state index in [1.165, 1.54) is 0 Å². The van der Waals surface area contributed by atoms with Crippen molar-refractivity contribution in [3.63, 3.8) is 0 Å². The van der Waals surface area contributed by atoms with E-state index in [0.717, 1.165) is 11.3 Å². The molecule has 1 aromatic heterocycles. The van der Waals surface area contributed by atoms with E-state index in [-0.39, 0.29) is 0 Å². The monoisotopic (exact) mass is 202 g/mol. The van der Waals surface area contributed by atoms with Gasteiger partial charge < -0.3 is 9.67 Å². The minimum absolute atomic E-state index is 0.321. The molecule has 0 fully saturated rings. The summed E-state index contributed by atoms with van der Waals surface area (Å²) in [5.74, 6) is -0.908. The van der Waals surface area contributed by atoms with Gasteiger partial charge >= 0.3 is 5.97 Å². The predicted octanol–water partition coefficient (Wildman–Crippen LogP) is 1.88. The number of aromatic nitrogens is 2. The van der Waals surface area contributed by atoms with Gasteiger partial charge in [-0.05, 0) is 24.6 Å². The van der Waals surface area contributed by atoms with Gasteiger partial charge in [0.1, 0.15) is 0 Å². The Morgan fingerprint density at radius 1 is 1.47 bits per heavy atom. The normalized spacial score (nSPS) is 10.2. The average Bonchev–Trinajstić information content (AvgIpc) is 2.71. The molecule has 1 N–H and O–H groups in total. The number of carboxylic acid groups (broad SMARTS) is 1. The molecule has 0 aliphatic carbocycles. The third-order valence-corrected chi connectivity index (χ3v) is 2.25. The molecule has 0 radical (unpaired) electrons. The molecule has 0 aliphatic heterocycles. The van der Waals surface area contributed by atoms with E-state index in [2.05, 4.69) is 4.98 Å². The van der Waals surface area contributed by atoms with Gasteiger partial charge in [-0.25, -0.2) is 9.78 Å². The SMILES string of the molecule is Cc1ccc(-n2ccnc2)cc1C(=O)O. The Kier molecular flexibility index (Phi) is 2.25. The fourth-order valence-corrected chi connectivity index (χ4v) is 1.41. The first-order chi connectivity index (χ1) is 7.18. The van der Waals surface area contributed by atoms with Crippen LogP contribution in [-0.4, -0.2) is 20.6 Å². The maximum atomic E-state index is 10.9. The van der Waals surface area contributed by atoms with Crippen molar-refractivity contribution in [1.82, 2.24) is 9.55 Å². The van der Waals surface area contributed by atoms with E-state index < -0.39 is 5.97 Å². The number of benzene rings is 1. The number of aromatic carboxylic acids is 1. The van der Waals surface area contributed by atoms with E-state index in [9.17, 15) is 4.79 Å². The number of hydrogen-bond donors (Lipinski definition) is 1. The smallest absolute Gasteiger partial charge is 0.336 e. The van der Waals surface area contributed by atoms with E-state index in [1.807, 2.05) is 6.07 Å². The van der Waals surface area contributed by atoms with E-state index in [0.29, 0.717) is 5.56 Å². The summed E-state index contributed by atoms with van der Waals surface area (Å²) in [7, 11) is 0. The molecule has 1 aromatic carbocycles. The zero-order chi connectivity index (χ0) is 10.8. The molecule has 2 rings (SSSR count).